The number of ether oxygens (including phenoxy) is 1. The van der Waals surface area contributed by atoms with Crippen LogP contribution in [0, 0.1) is 17.2 Å². The van der Waals surface area contributed by atoms with Crippen LogP contribution in [-0.4, -0.2) is 49.3 Å². The maximum absolute atomic E-state index is 9.61. The van der Waals surface area contributed by atoms with Gasteiger partial charge < -0.3 is 4.74 Å². The molecule has 1 aliphatic carbocycles. The van der Waals surface area contributed by atoms with Crippen LogP contribution >= 0.6 is 0 Å². The molecule has 1 saturated carbocycles. The molecule has 4 heteroatoms. The number of hydrogen-bond acceptors (Lipinski definition) is 4. The number of hydrogen-bond donors (Lipinski definition) is 1. The molecule has 0 aromatic heterocycles. The van der Waals surface area contributed by atoms with Gasteiger partial charge in [0.2, 0.25) is 0 Å². The van der Waals surface area contributed by atoms with E-state index in [9.17, 15) is 5.26 Å². The first-order chi connectivity index (χ1) is 9.75. The van der Waals surface area contributed by atoms with Crippen LogP contribution in [0.2, 0.25) is 0 Å². The van der Waals surface area contributed by atoms with Crippen LogP contribution in [0.25, 0.3) is 0 Å². The fourth-order valence-electron chi connectivity index (χ4n) is 3.88. The Bertz CT molecular complexity index is 341. The van der Waals surface area contributed by atoms with Crippen LogP contribution in [0.3, 0.4) is 0 Å². The Morgan fingerprint density at radius 1 is 1.45 bits per heavy atom. The molecule has 1 heterocycles. The SMILES string of the molecule is CCNC1(C#N)CCCC1CCN1CCOCC1CC. The van der Waals surface area contributed by atoms with Crippen molar-refractivity contribution in [1.82, 2.24) is 10.2 Å². The summed E-state index contributed by atoms with van der Waals surface area (Å²) in [4.78, 5) is 2.57. The van der Waals surface area contributed by atoms with Gasteiger partial charge in [-0.25, -0.2) is 0 Å². The van der Waals surface area contributed by atoms with Crippen molar-refractivity contribution < 1.29 is 4.74 Å². The van der Waals surface area contributed by atoms with Crippen molar-refractivity contribution in [2.75, 3.05) is 32.8 Å². The highest BCUT2D eigenvalue weighted by Crippen LogP contribution is 2.37. The van der Waals surface area contributed by atoms with E-state index in [1.165, 1.54) is 12.8 Å². The molecular formula is C16H29N3O. The lowest BCUT2D eigenvalue weighted by Gasteiger charge is -2.37. The van der Waals surface area contributed by atoms with E-state index in [-0.39, 0.29) is 5.54 Å². The minimum atomic E-state index is -0.261. The largest absolute Gasteiger partial charge is 0.378 e. The van der Waals surface area contributed by atoms with Crippen molar-refractivity contribution in [3.05, 3.63) is 0 Å². The van der Waals surface area contributed by atoms with Crippen LogP contribution in [0.5, 0.6) is 0 Å². The highest BCUT2D eigenvalue weighted by molar-refractivity contribution is 5.14. The first-order valence-electron chi connectivity index (χ1n) is 8.23. The standard InChI is InChI=1S/C16H29N3O/c1-3-15-12-20-11-10-19(15)9-7-14-6-5-8-16(14,13-17)18-4-2/h14-15,18H,3-12H2,1-2H3. The molecule has 20 heavy (non-hydrogen) atoms. The third-order valence-electron chi connectivity index (χ3n) is 5.10. The van der Waals surface area contributed by atoms with Crippen molar-refractivity contribution >= 4 is 0 Å². The molecule has 0 radical (unpaired) electrons. The van der Waals surface area contributed by atoms with Crippen LogP contribution in [0.4, 0.5) is 0 Å². The number of rotatable bonds is 6. The van der Waals surface area contributed by atoms with E-state index < -0.39 is 0 Å². The number of nitrogens with one attached hydrogen (secondary N) is 1. The molecule has 0 aromatic rings. The van der Waals surface area contributed by atoms with E-state index in [2.05, 4.69) is 30.1 Å². The van der Waals surface area contributed by atoms with E-state index in [1.807, 2.05) is 0 Å². The molecule has 2 aliphatic rings. The molecule has 3 atom stereocenters. The Labute approximate surface area is 123 Å². The van der Waals surface area contributed by atoms with Crippen molar-refractivity contribution in [2.45, 2.75) is 57.5 Å². The van der Waals surface area contributed by atoms with Crippen molar-refractivity contribution in [2.24, 2.45) is 5.92 Å². The van der Waals surface area contributed by atoms with E-state index >= 15 is 0 Å². The summed E-state index contributed by atoms with van der Waals surface area (Å²) in [5.41, 5.74) is -0.261. The highest BCUT2D eigenvalue weighted by atomic mass is 16.5. The summed E-state index contributed by atoms with van der Waals surface area (Å²) in [6.45, 7) is 9.12. The lowest BCUT2D eigenvalue weighted by Crippen LogP contribution is -2.49. The Balaban J connectivity index is 1.90. The second-order valence-electron chi connectivity index (χ2n) is 6.16. The lowest BCUT2D eigenvalue weighted by molar-refractivity contribution is -0.0116. The van der Waals surface area contributed by atoms with Crippen LogP contribution in [0.1, 0.15) is 46.0 Å². The zero-order valence-corrected chi connectivity index (χ0v) is 13.0. The minimum absolute atomic E-state index is 0.261. The zero-order chi connectivity index (χ0) is 14.4. The van der Waals surface area contributed by atoms with Gasteiger partial charge in [-0.1, -0.05) is 20.3 Å². The van der Waals surface area contributed by atoms with Crippen LogP contribution < -0.4 is 5.32 Å². The average Bonchev–Trinajstić information content (AvgIpc) is 2.89. The summed E-state index contributed by atoms with van der Waals surface area (Å²) >= 11 is 0. The minimum Gasteiger partial charge on any atom is -0.378 e. The zero-order valence-electron chi connectivity index (χ0n) is 13.0. The summed E-state index contributed by atoms with van der Waals surface area (Å²) in [6.07, 6.45) is 5.69. The highest BCUT2D eigenvalue weighted by Gasteiger charge is 2.42. The molecule has 4 nitrogen and oxygen atoms in total. The molecule has 0 spiro atoms. The van der Waals surface area contributed by atoms with E-state index in [1.54, 1.807) is 0 Å². The van der Waals surface area contributed by atoms with Gasteiger partial charge in [0.05, 0.1) is 19.3 Å². The third kappa shape index (κ3) is 3.33. The Kier molecular flexibility index (Phi) is 5.83. The Hall–Kier alpha value is -0.630. The number of nitrogens with zero attached hydrogens (tertiary/aromatic N) is 2. The molecule has 0 amide bonds. The molecule has 2 rings (SSSR count). The average molecular weight is 279 g/mol. The molecule has 0 aromatic carbocycles. The van der Waals surface area contributed by atoms with Gasteiger partial charge >= 0.3 is 0 Å². The second kappa shape index (κ2) is 7.40. The summed E-state index contributed by atoms with van der Waals surface area (Å²) in [6, 6.07) is 3.16. The maximum Gasteiger partial charge on any atom is 0.109 e. The van der Waals surface area contributed by atoms with E-state index in [0.717, 1.165) is 52.1 Å². The van der Waals surface area contributed by atoms with Gasteiger partial charge in [0.15, 0.2) is 0 Å². The first kappa shape index (κ1) is 15.8. The van der Waals surface area contributed by atoms with E-state index in [0.29, 0.717) is 12.0 Å². The normalized spacial score (nSPS) is 35.0. The summed E-state index contributed by atoms with van der Waals surface area (Å²) in [5.74, 6) is 0.507. The van der Waals surface area contributed by atoms with Gasteiger partial charge in [0.1, 0.15) is 5.54 Å². The maximum atomic E-state index is 9.61. The molecule has 1 aliphatic heterocycles. The van der Waals surface area contributed by atoms with Gasteiger partial charge in [-0.3, -0.25) is 10.2 Å². The molecule has 0 bridgehead atoms. The van der Waals surface area contributed by atoms with Crippen LogP contribution in [-0.2, 0) is 4.74 Å². The molecule has 114 valence electrons. The molecule has 1 N–H and O–H groups in total. The summed E-state index contributed by atoms with van der Waals surface area (Å²) in [7, 11) is 0. The second-order valence-corrected chi connectivity index (χ2v) is 6.16. The monoisotopic (exact) mass is 279 g/mol. The fourth-order valence-corrected chi connectivity index (χ4v) is 3.88. The predicted octanol–water partition coefficient (Wildman–Crippen LogP) is 2.16. The first-order valence-corrected chi connectivity index (χ1v) is 8.23. The fraction of sp³-hybridized carbons (Fsp3) is 0.938. The predicted molar refractivity (Wildman–Crippen MR) is 80.4 cm³/mol. The Morgan fingerprint density at radius 2 is 2.30 bits per heavy atom. The topological polar surface area (TPSA) is 48.3 Å². The van der Waals surface area contributed by atoms with Crippen LogP contribution in [0.15, 0.2) is 0 Å². The number of nitriles is 1. The van der Waals surface area contributed by atoms with Gasteiger partial charge in [-0.15, -0.1) is 0 Å². The Morgan fingerprint density at radius 3 is 3.00 bits per heavy atom. The lowest BCUT2D eigenvalue weighted by atomic mass is 9.85. The van der Waals surface area contributed by atoms with Gasteiger partial charge in [-0.2, -0.15) is 5.26 Å². The molecular weight excluding hydrogens is 250 g/mol. The van der Waals surface area contributed by atoms with Crippen molar-refractivity contribution in [3.63, 3.8) is 0 Å². The number of morpholine rings is 1. The van der Waals surface area contributed by atoms with Gasteiger partial charge in [0.25, 0.3) is 0 Å². The van der Waals surface area contributed by atoms with Crippen molar-refractivity contribution in [3.8, 4) is 6.07 Å². The summed E-state index contributed by atoms with van der Waals surface area (Å²) in [5, 5.41) is 13.1. The molecule has 3 unspecified atom stereocenters. The summed E-state index contributed by atoms with van der Waals surface area (Å²) < 4.78 is 5.57. The van der Waals surface area contributed by atoms with Gasteiger partial charge in [-0.05, 0) is 44.7 Å². The molecule has 1 saturated heterocycles. The molecule has 2 fully saturated rings. The van der Waals surface area contributed by atoms with Gasteiger partial charge in [0, 0.05) is 12.6 Å². The smallest absolute Gasteiger partial charge is 0.109 e. The quantitative estimate of drug-likeness (QED) is 0.809. The van der Waals surface area contributed by atoms with E-state index in [4.69, 9.17) is 4.74 Å². The van der Waals surface area contributed by atoms with Crippen molar-refractivity contribution in [1.29, 1.82) is 5.26 Å². The third-order valence-corrected chi connectivity index (χ3v) is 5.10.